The Kier molecular flexibility index (Phi) is 7.54. The first-order chi connectivity index (χ1) is 29.2. The van der Waals surface area contributed by atoms with Crippen molar-refractivity contribution in [3.05, 3.63) is 200 Å². The van der Waals surface area contributed by atoms with E-state index in [1.807, 2.05) is 0 Å². The van der Waals surface area contributed by atoms with Gasteiger partial charge in [0.15, 0.2) is 0 Å². The van der Waals surface area contributed by atoms with E-state index >= 15 is 0 Å². The summed E-state index contributed by atoms with van der Waals surface area (Å²) in [5.41, 5.74) is 14.0. The van der Waals surface area contributed by atoms with Crippen molar-refractivity contribution in [2.45, 2.75) is 13.3 Å². The molecule has 0 fully saturated rings. The summed E-state index contributed by atoms with van der Waals surface area (Å²) in [4.78, 5) is 10.7. The Morgan fingerprint density at radius 3 is 1.86 bits per heavy atom. The quantitative estimate of drug-likeness (QED) is 0.175. The zero-order valence-electron chi connectivity index (χ0n) is 32.5. The van der Waals surface area contributed by atoms with Gasteiger partial charge in [-0.1, -0.05) is 159 Å². The largest absolute Gasteiger partial charge is 0.313 e. The zero-order valence-corrected chi connectivity index (χ0v) is 32.5. The lowest BCUT2D eigenvalue weighted by atomic mass is 9.88. The Balaban J connectivity index is 1.00. The molecule has 0 saturated carbocycles. The van der Waals surface area contributed by atoms with E-state index in [1.165, 1.54) is 71.3 Å². The highest BCUT2D eigenvalue weighted by molar-refractivity contribution is 6.21. The van der Waals surface area contributed by atoms with Crippen LogP contribution < -0.4 is 0 Å². The first kappa shape index (κ1) is 33.6. The van der Waals surface area contributed by atoms with Crippen molar-refractivity contribution in [1.82, 2.24) is 19.1 Å². The molecule has 0 aliphatic heterocycles. The van der Waals surface area contributed by atoms with Gasteiger partial charge in [0.25, 0.3) is 0 Å². The number of hydrogen-bond donors (Lipinski definition) is 0. The first-order valence-corrected chi connectivity index (χ1v) is 20.5. The molecule has 0 N–H and O–H groups in total. The number of hydrogen-bond acceptors (Lipinski definition) is 2. The molecule has 1 aliphatic rings. The van der Waals surface area contributed by atoms with E-state index in [4.69, 9.17) is 9.97 Å². The van der Waals surface area contributed by atoms with E-state index in [2.05, 4.69) is 210 Å². The Labute approximate surface area is 341 Å². The predicted octanol–water partition coefficient (Wildman–Crippen LogP) is 14.3. The summed E-state index contributed by atoms with van der Waals surface area (Å²) < 4.78 is 4.73. The average Bonchev–Trinajstić information content (AvgIpc) is 3.82. The van der Waals surface area contributed by atoms with Crippen LogP contribution >= 0.6 is 0 Å². The minimum Gasteiger partial charge on any atom is -0.313 e. The summed E-state index contributed by atoms with van der Waals surface area (Å²) >= 11 is 0. The van der Waals surface area contributed by atoms with Gasteiger partial charge in [-0.25, -0.2) is 9.97 Å². The number of benzene rings is 8. The summed E-state index contributed by atoms with van der Waals surface area (Å²) in [7, 11) is 0. The fourth-order valence-corrected chi connectivity index (χ4v) is 9.61. The maximum Gasteiger partial charge on any atom is 0.235 e. The number of rotatable bonds is 5. The van der Waals surface area contributed by atoms with Gasteiger partial charge in [-0.05, 0) is 81.9 Å². The molecule has 59 heavy (non-hydrogen) atoms. The van der Waals surface area contributed by atoms with E-state index < -0.39 is 0 Å². The van der Waals surface area contributed by atoms with Crippen molar-refractivity contribution in [1.29, 1.82) is 0 Å². The van der Waals surface area contributed by atoms with Gasteiger partial charge in [-0.15, -0.1) is 0 Å². The Bertz CT molecular complexity index is 3530. The molecule has 1 aliphatic carbocycles. The fraction of sp³-hybridized carbons (Fsp3) is 0.0545. The molecule has 0 radical (unpaired) electrons. The van der Waals surface area contributed by atoms with Crippen LogP contribution in [0.15, 0.2) is 194 Å². The van der Waals surface area contributed by atoms with Crippen LogP contribution in [0.5, 0.6) is 0 Å². The molecule has 0 bridgehead atoms. The molecule has 0 amide bonds. The van der Waals surface area contributed by atoms with Crippen molar-refractivity contribution in [3.63, 3.8) is 0 Å². The summed E-state index contributed by atoms with van der Waals surface area (Å²) in [6.45, 7) is 2.36. The minimum absolute atomic E-state index is 0.319. The molecule has 0 spiro atoms. The summed E-state index contributed by atoms with van der Waals surface area (Å²) in [6, 6.07) is 65.4. The molecular formula is C55H38N4. The number of allylic oxidation sites excluding steroid dienone is 4. The van der Waals surface area contributed by atoms with Gasteiger partial charge in [-0.3, -0.25) is 4.57 Å². The zero-order chi connectivity index (χ0) is 39.0. The summed E-state index contributed by atoms with van der Waals surface area (Å²) in [5, 5.41) is 8.35. The first-order valence-electron chi connectivity index (χ1n) is 20.5. The molecule has 1 atom stereocenters. The normalized spacial score (nSPS) is 14.5. The maximum absolute atomic E-state index is 5.48. The Hall–Kier alpha value is -7.56. The molecule has 3 heterocycles. The van der Waals surface area contributed by atoms with Crippen LogP contribution in [-0.4, -0.2) is 19.1 Å². The highest BCUT2D eigenvalue weighted by Crippen LogP contribution is 2.42. The second-order valence-electron chi connectivity index (χ2n) is 15.8. The van der Waals surface area contributed by atoms with Crippen molar-refractivity contribution >= 4 is 76.6 Å². The predicted molar refractivity (Wildman–Crippen MR) is 248 cm³/mol. The second-order valence-corrected chi connectivity index (χ2v) is 15.8. The summed E-state index contributed by atoms with van der Waals surface area (Å²) in [6.07, 6.45) is 5.64. The SMILES string of the molecule is CC1CC(c2ccc(-c3ccccc3)cc2)=CC=C1n1c2ccccc2c2cc(-c3nc(-n4c5ccccc5c5c6ccccc6ccc54)nc4ccccc34)ccc21. The standard InChI is InChI=1S/C55H38N4/c1-35-33-40(38-25-23-37(24-26-38)36-13-3-2-4-14-36)28-30-48(35)58-49-21-11-8-17-43(49)46-34-41(29-31-51(46)58)54-44-18-7-10-20-47(44)56-55(57-54)59-50-22-12-9-19-45(50)53-42-16-6-5-15-39(42)27-32-52(53)59/h2-32,34-35H,33H2,1H3. The van der Waals surface area contributed by atoms with Gasteiger partial charge < -0.3 is 4.57 Å². The number of aromatic nitrogens is 4. The fourth-order valence-electron chi connectivity index (χ4n) is 9.61. The van der Waals surface area contributed by atoms with Crippen LogP contribution in [0.2, 0.25) is 0 Å². The Morgan fingerprint density at radius 2 is 1.05 bits per heavy atom. The second kappa shape index (κ2) is 13.3. The van der Waals surface area contributed by atoms with Gasteiger partial charge >= 0.3 is 0 Å². The highest BCUT2D eigenvalue weighted by Gasteiger charge is 2.23. The van der Waals surface area contributed by atoms with Gasteiger partial charge in [-0.2, -0.15) is 0 Å². The molecule has 3 aromatic heterocycles. The van der Waals surface area contributed by atoms with Crippen LogP contribution in [-0.2, 0) is 0 Å². The topological polar surface area (TPSA) is 35.6 Å². The molecule has 1 unspecified atom stereocenters. The molecule has 278 valence electrons. The number of nitrogens with zero attached hydrogens (tertiary/aromatic N) is 4. The van der Waals surface area contributed by atoms with Crippen molar-refractivity contribution in [3.8, 4) is 28.3 Å². The lowest BCUT2D eigenvalue weighted by Gasteiger charge is -2.24. The number of fused-ring (bicyclic) bond motifs is 9. The smallest absolute Gasteiger partial charge is 0.235 e. The third kappa shape index (κ3) is 5.30. The van der Waals surface area contributed by atoms with Crippen molar-refractivity contribution in [2.24, 2.45) is 5.92 Å². The van der Waals surface area contributed by atoms with Crippen LogP contribution in [0.4, 0.5) is 0 Å². The van der Waals surface area contributed by atoms with Crippen molar-refractivity contribution in [2.75, 3.05) is 0 Å². The van der Waals surface area contributed by atoms with E-state index in [0.717, 1.165) is 39.6 Å². The molecule has 4 heteroatoms. The average molecular weight is 755 g/mol. The molecule has 4 nitrogen and oxygen atoms in total. The van der Waals surface area contributed by atoms with E-state index in [0.29, 0.717) is 11.9 Å². The van der Waals surface area contributed by atoms with Crippen LogP contribution in [0, 0.1) is 5.92 Å². The van der Waals surface area contributed by atoms with E-state index in [1.54, 1.807) is 0 Å². The van der Waals surface area contributed by atoms with Crippen LogP contribution in [0.25, 0.3) is 105 Å². The molecule has 11 aromatic rings. The Morgan fingerprint density at radius 1 is 0.441 bits per heavy atom. The molecular weight excluding hydrogens is 717 g/mol. The number of para-hydroxylation sites is 3. The van der Waals surface area contributed by atoms with E-state index in [9.17, 15) is 0 Å². The minimum atomic E-state index is 0.319. The van der Waals surface area contributed by atoms with Crippen molar-refractivity contribution < 1.29 is 0 Å². The molecule has 12 rings (SSSR count). The monoisotopic (exact) mass is 754 g/mol. The summed E-state index contributed by atoms with van der Waals surface area (Å²) in [5.74, 6) is 0.986. The lowest BCUT2D eigenvalue weighted by molar-refractivity contribution is 0.736. The highest BCUT2D eigenvalue weighted by atomic mass is 15.2. The van der Waals surface area contributed by atoms with Crippen LogP contribution in [0.1, 0.15) is 18.9 Å². The van der Waals surface area contributed by atoms with Gasteiger partial charge in [0.2, 0.25) is 5.95 Å². The van der Waals surface area contributed by atoms with Crippen LogP contribution in [0.3, 0.4) is 0 Å². The molecule has 8 aromatic carbocycles. The van der Waals surface area contributed by atoms with Gasteiger partial charge in [0.1, 0.15) is 0 Å². The van der Waals surface area contributed by atoms with Gasteiger partial charge in [0.05, 0.1) is 33.3 Å². The van der Waals surface area contributed by atoms with E-state index in [-0.39, 0.29) is 0 Å². The third-order valence-corrected chi connectivity index (χ3v) is 12.4. The van der Waals surface area contributed by atoms with Gasteiger partial charge in [0, 0.05) is 44.1 Å². The maximum atomic E-state index is 5.48. The third-order valence-electron chi connectivity index (χ3n) is 12.4. The lowest BCUT2D eigenvalue weighted by Crippen LogP contribution is -2.10. The molecule has 0 saturated heterocycles.